The molecule has 0 atom stereocenters. The number of furan rings is 1. The van der Waals surface area contributed by atoms with Crippen LogP contribution in [-0.2, 0) is 18.8 Å². The molecular weight excluding hydrogens is 392 g/mol. The number of amides is 1. The third-order valence-corrected chi connectivity index (χ3v) is 5.24. The van der Waals surface area contributed by atoms with E-state index in [1.54, 1.807) is 18.2 Å². The quantitative estimate of drug-likeness (QED) is 0.449. The zero-order valence-electron chi connectivity index (χ0n) is 15.6. The maximum absolute atomic E-state index is 12.2. The van der Waals surface area contributed by atoms with Crippen molar-refractivity contribution in [3.8, 4) is 0 Å². The zero-order chi connectivity index (χ0) is 20.2. The van der Waals surface area contributed by atoms with Gasteiger partial charge in [0.05, 0.1) is 29.5 Å². The van der Waals surface area contributed by atoms with Crippen molar-refractivity contribution in [2.75, 3.05) is 0 Å². The number of fused-ring (bicyclic) bond motifs is 1. The van der Waals surface area contributed by atoms with Gasteiger partial charge in [-0.05, 0) is 31.2 Å². The van der Waals surface area contributed by atoms with Crippen LogP contribution in [0.3, 0.4) is 0 Å². The minimum Gasteiger partial charge on any atom is -0.459 e. The van der Waals surface area contributed by atoms with Crippen LogP contribution in [-0.4, -0.2) is 30.6 Å². The normalized spacial score (nSPS) is 11.1. The fourth-order valence-corrected chi connectivity index (χ4v) is 3.76. The van der Waals surface area contributed by atoms with Gasteiger partial charge in [0.25, 0.3) is 11.5 Å². The Morgan fingerprint density at radius 1 is 1.24 bits per heavy atom. The van der Waals surface area contributed by atoms with E-state index >= 15 is 0 Å². The van der Waals surface area contributed by atoms with Gasteiger partial charge in [-0.3, -0.25) is 9.59 Å². The number of hydrogen-bond donors (Lipinski definition) is 2. The predicted molar refractivity (Wildman–Crippen MR) is 107 cm³/mol. The van der Waals surface area contributed by atoms with Gasteiger partial charge in [-0.15, -0.1) is 10.2 Å². The molecule has 0 aliphatic rings. The first-order valence-corrected chi connectivity index (χ1v) is 9.98. The largest absolute Gasteiger partial charge is 0.459 e. The Labute approximate surface area is 169 Å². The van der Waals surface area contributed by atoms with Crippen LogP contribution in [0, 0.1) is 0 Å². The van der Waals surface area contributed by atoms with Crippen LogP contribution in [0.5, 0.6) is 0 Å². The first kappa shape index (κ1) is 18.9. The van der Waals surface area contributed by atoms with Crippen molar-refractivity contribution in [2.45, 2.75) is 30.9 Å². The molecule has 4 aromatic rings. The number of carbonyl (C=O) groups is 1. The van der Waals surface area contributed by atoms with E-state index in [9.17, 15) is 9.59 Å². The number of hydrogen-bond acceptors (Lipinski definition) is 7. The number of carbonyl (C=O) groups excluding carboxylic acids is 1. The topological polar surface area (TPSA) is 119 Å². The molecule has 29 heavy (non-hydrogen) atoms. The van der Waals surface area contributed by atoms with E-state index in [2.05, 4.69) is 25.5 Å². The van der Waals surface area contributed by atoms with Gasteiger partial charge in [0.1, 0.15) is 5.82 Å². The summed E-state index contributed by atoms with van der Waals surface area (Å²) in [4.78, 5) is 31.5. The zero-order valence-corrected chi connectivity index (χ0v) is 16.4. The van der Waals surface area contributed by atoms with Gasteiger partial charge in [0.2, 0.25) is 0 Å². The van der Waals surface area contributed by atoms with Crippen molar-refractivity contribution in [3.05, 3.63) is 70.4 Å². The molecule has 1 aromatic carbocycles. The molecule has 9 nitrogen and oxygen atoms in total. The van der Waals surface area contributed by atoms with Gasteiger partial charge < -0.3 is 19.3 Å². The molecule has 10 heteroatoms. The number of benzene rings is 1. The van der Waals surface area contributed by atoms with E-state index < -0.39 is 0 Å². The third kappa shape index (κ3) is 4.06. The van der Waals surface area contributed by atoms with Gasteiger partial charge in [0.15, 0.2) is 16.7 Å². The van der Waals surface area contributed by atoms with E-state index in [0.717, 1.165) is 0 Å². The lowest BCUT2D eigenvalue weighted by molar-refractivity contribution is 0.0921. The maximum Gasteiger partial charge on any atom is 0.287 e. The molecule has 0 saturated carbocycles. The number of rotatable bonds is 7. The summed E-state index contributed by atoms with van der Waals surface area (Å²) < 4.78 is 6.99. The summed E-state index contributed by atoms with van der Waals surface area (Å²) in [7, 11) is 0. The maximum atomic E-state index is 12.2. The molecule has 0 aliphatic heterocycles. The average molecular weight is 410 g/mol. The minimum absolute atomic E-state index is 0.163. The molecule has 4 rings (SSSR count). The van der Waals surface area contributed by atoms with Gasteiger partial charge in [-0.25, -0.2) is 4.98 Å². The number of para-hydroxylation sites is 1. The Balaban J connectivity index is 1.45. The summed E-state index contributed by atoms with van der Waals surface area (Å²) in [6.07, 6.45) is 1.45. The second-order valence-corrected chi connectivity index (χ2v) is 7.06. The third-order valence-electron chi connectivity index (χ3n) is 4.26. The van der Waals surface area contributed by atoms with Crippen LogP contribution in [0.2, 0.25) is 0 Å². The Morgan fingerprint density at radius 3 is 2.90 bits per heavy atom. The van der Waals surface area contributed by atoms with Crippen molar-refractivity contribution >= 4 is 28.6 Å². The molecule has 0 bridgehead atoms. The Hall–Kier alpha value is -3.40. The lowest BCUT2D eigenvalue weighted by Crippen LogP contribution is -2.24. The van der Waals surface area contributed by atoms with Crippen molar-refractivity contribution in [1.29, 1.82) is 0 Å². The molecule has 3 heterocycles. The highest BCUT2D eigenvalue weighted by atomic mass is 32.2. The molecule has 1 amide bonds. The summed E-state index contributed by atoms with van der Waals surface area (Å²) in [6, 6.07) is 10.5. The highest BCUT2D eigenvalue weighted by Gasteiger charge is 2.15. The number of H-pyrrole nitrogens is 1. The highest BCUT2D eigenvalue weighted by molar-refractivity contribution is 7.98. The SMILES string of the molecule is CCn1c(CNC(=O)c2ccco2)nnc1SCc1nc2ccccc2c(=O)[nH]1. The lowest BCUT2D eigenvalue weighted by Gasteiger charge is -2.08. The molecule has 3 aromatic heterocycles. The molecule has 0 aliphatic carbocycles. The molecule has 2 N–H and O–H groups in total. The van der Waals surface area contributed by atoms with Gasteiger partial charge in [-0.1, -0.05) is 23.9 Å². The molecule has 0 spiro atoms. The van der Waals surface area contributed by atoms with E-state index in [4.69, 9.17) is 4.42 Å². The van der Waals surface area contributed by atoms with Crippen LogP contribution in [0.1, 0.15) is 29.1 Å². The number of thioether (sulfide) groups is 1. The Bertz CT molecular complexity index is 1200. The smallest absolute Gasteiger partial charge is 0.287 e. The summed E-state index contributed by atoms with van der Waals surface area (Å²) in [5.41, 5.74) is 0.495. The molecular formula is C19H18N6O3S. The van der Waals surface area contributed by atoms with E-state index in [1.165, 1.54) is 18.0 Å². The summed E-state index contributed by atoms with van der Waals surface area (Å²) in [5, 5.41) is 12.4. The van der Waals surface area contributed by atoms with Crippen molar-refractivity contribution in [1.82, 2.24) is 30.0 Å². The second-order valence-electron chi connectivity index (χ2n) is 6.12. The predicted octanol–water partition coefficient (Wildman–Crippen LogP) is 2.35. The van der Waals surface area contributed by atoms with Crippen LogP contribution >= 0.6 is 11.8 Å². The van der Waals surface area contributed by atoms with E-state index in [1.807, 2.05) is 29.7 Å². The van der Waals surface area contributed by atoms with Gasteiger partial charge >= 0.3 is 0 Å². The fraction of sp³-hybridized carbons (Fsp3) is 0.211. The first-order chi connectivity index (χ1) is 14.2. The molecule has 0 saturated heterocycles. The average Bonchev–Trinajstić information content (AvgIpc) is 3.40. The van der Waals surface area contributed by atoms with Crippen LogP contribution in [0.15, 0.2) is 57.0 Å². The van der Waals surface area contributed by atoms with Crippen molar-refractivity contribution < 1.29 is 9.21 Å². The number of nitrogens with one attached hydrogen (secondary N) is 2. The first-order valence-electron chi connectivity index (χ1n) is 9.00. The van der Waals surface area contributed by atoms with Gasteiger partial charge in [0, 0.05) is 6.54 Å². The van der Waals surface area contributed by atoms with Crippen LogP contribution in [0.4, 0.5) is 0 Å². The summed E-state index contributed by atoms with van der Waals surface area (Å²) in [5.74, 6) is 1.57. The van der Waals surface area contributed by atoms with E-state index in [-0.39, 0.29) is 23.8 Å². The van der Waals surface area contributed by atoms with Gasteiger partial charge in [-0.2, -0.15) is 0 Å². The molecule has 148 valence electrons. The standard InChI is InChI=1S/C19H18N6O3S/c1-2-25-16(10-20-18(27)14-8-5-9-28-14)23-24-19(25)29-11-15-21-13-7-4-3-6-12(13)17(26)22-15/h3-9H,2,10-11H2,1H3,(H,20,27)(H,21,22,26). The monoisotopic (exact) mass is 410 g/mol. The molecule has 0 fully saturated rings. The van der Waals surface area contributed by atoms with Crippen LogP contribution in [0.25, 0.3) is 10.9 Å². The van der Waals surface area contributed by atoms with Crippen molar-refractivity contribution in [2.24, 2.45) is 0 Å². The Morgan fingerprint density at radius 2 is 2.10 bits per heavy atom. The highest BCUT2D eigenvalue weighted by Crippen LogP contribution is 2.21. The lowest BCUT2D eigenvalue weighted by atomic mass is 10.2. The fourth-order valence-electron chi connectivity index (χ4n) is 2.86. The van der Waals surface area contributed by atoms with Crippen LogP contribution < -0.4 is 10.9 Å². The summed E-state index contributed by atoms with van der Waals surface area (Å²) >= 11 is 1.42. The number of aromatic nitrogens is 5. The summed E-state index contributed by atoms with van der Waals surface area (Å²) in [6.45, 7) is 2.84. The number of nitrogens with zero attached hydrogens (tertiary/aromatic N) is 4. The van der Waals surface area contributed by atoms with Crippen molar-refractivity contribution in [3.63, 3.8) is 0 Å². The molecule has 0 radical (unpaired) electrons. The molecule has 0 unspecified atom stereocenters. The second kappa shape index (κ2) is 8.31. The Kier molecular flexibility index (Phi) is 5.43. The minimum atomic E-state index is -0.312. The van der Waals surface area contributed by atoms with E-state index in [0.29, 0.717) is 40.0 Å². The number of aromatic amines is 1.